The summed E-state index contributed by atoms with van der Waals surface area (Å²) in [5, 5.41) is 13.3. The number of rotatable bonds is 7. The zero-order valence-corrected chi connectivity index (χ0v) is 14.1. The van der Waals surface area contributed by atoms with E-state index in [2.05, 4.69) is 9.82 Å². The van der Waals surface area contributed by atoms with Crippen LogP contribution in [0.1, 0.15) is 39.2 Å². The van der Waals surface area contributed by atoms with Crippen molar-refractivity contribution in [1.29, 1.82) is 0 Å². The average molecular weight is 345 g/mol. The van der Waals surface area contributed by atoms with Crippen LogP contribution in [0.2, 0.25) is 0 Å². The second kappa shape index (κ2) is 7.41. The van der Waals surface area contributed by atoms with Gasteiger partial charge >= 0.3 is 5.97 Å². The van der Waals surface area contributed by atoms with Gasteiger partial charge in [0.2, 0.25) is 10.0 Å². The number of carbonyl (C=O) groups is 1. The Morgan fingerprint density at radius 2 is 2.13 bits per heavy atom. The van der Waals surface area contributed by atoms with Crippen LogP contribution in [0.5, 0.6) is 0 Å². The predicted molar refractivity (Wildman–Crippen MR) is 82.5 cm³/mol. The van der Waals surface area contributed by atoms with Gasteiger partial charge in [-0.2, -0.15) is 9.82 Å². The van der Waals surface area contributed by atoms with Gasteiger partial charge in [-0.1, -0.05) is 13.8 Å². The molecule has 2 heterocycles. The number of sulfonamides is 1. The Labute approximate surface area is 135 Å². The van der Waals surface area contributed by atoms with Gasteiger partial charge in [-0.05, 0) is 25.2 Å². The van der Waals surface area contributed by atoms with E-state index in [0.717, 1.165) is 12.8 Å². The molecule has 1 saturated heterocycles. The molecule has 0 radical (unpaired) electrons. The van der Waals surface area contributed by atoms with E-state index in [9.17, 15) is 18.3 Å². The first-order chi connectivity index (χ1) is 10.8. The molecule has 1 aromatic heterocycles. The monoisotopic (exact) mass is 345 g/mol. The van der Waals surface area contributed by atoms with Crippen molar-refractivity contribution in [3.63, 3.8) is 0 Å². The molecule has 0 aromatic carbocycles. The van der Waals surface area contributed by atoms with Crippen molar-refractivity contribution >= 4 is 16.0 Å². The SMILES string of the molecule is CC(C)C[C@H](NS(=O)(=O)c1cnn(C2CCOCC2)c1)C(=O)O. The van der Waals surface area contributed by atoms with Gasteiger partial charge in [-0.3, -0.25) is 9.48 Å². The third-order valence-electron chi connectivity index (χ3n) is 3.76. The van der Waals surface area contributed by atoms with E-state index < -0.39 is 22.0 Å². The number of carboxylic acid groups (broad SMARTS) is 1. The second-order valence-electron chi connectivity index (χ2n) is 6.14. The first-order valence-electron chi connectivity index (χ1n) is 7.66. The van der Waals surface area contributed by atoms with Gasteiger partial charge in [0.25, 0.3) is 0 Å². The smallest absolute Gasteiger partial charge is 0.321 e. The molecule has 0 aliphatic carbocycles. The van der Waals surface area contributed by atoms with Crippen molar-refractivity contribution in [1.82, 2.24) is 14.5 Å². The van der Waals surface area contributed by atoms with E-state index in [1.54, 1.807) is 4.68 Å². The minimum absolute atomic E-state index is 0.0148. The Kier molecular flexibility index (Phi) is 5.77. The first-order valence-corrected chi connectivity index (χ1v) is 9.15. The number of nitrogens with one attached hydrogen (secondary N) is 1. The van der Waals surface area contributed by atoms with Crippen molar-refractivity contribution in [2.45, 2.75) is 50.1 Å². The lowest BCUT2D eigenvalue weighted by molar-refractivity contribution is -0.139. The van der Waals surface area contributed by atoms with Gasteiger partial charge in [-0.15, -0.1) is 0 Å². The predicted octanol–water partition coefficient (Wildman–Crippen LogP) is 1.01. The maximum Gasteiger partial charge on any atom is 0.321 e. The molecule has 2 rings (SSSR count). The molecule has 1 fully saturated rings. The Morgan fingerprint density at radius 3 is 2.70 bits per heavy atom. The van der Waals surface area contributed by atoms with Crippen LogP contribution in [0.25, 0.3) is 0 Å². The topological polar surface area (TPSA) is 111 Å². The molecule has 1 aromatic rings. The third-order valence-corrected chi connectivity index (χ3v) is 5.18. The molecule has 1 aliphatic heterocycles. The highest BCUT2D eigenvalue weighted by Crippen LogP contribution is 2.21. The maximum atomic E-state index is 12.4. The fraction of sp³-hybridized carbons (Fsp3) is 0.714. The summed E-state index contributed by atoms with van der Waals surface area (Å²) < 4.78 is 33.9. The number of aliphatic carboxylic acids is 1. The first kappa shape index (κ1) is 17.9. The van der Waals surface area contributed by atoms with Gasteiger partial charge < -0.3 is 9.84 Å². The summed E-state index contributed by atoms with van der Waals surface area (Å²) in [5.74, 6) is -1.12. The lowest BCUT2D eigenvalue weighted by Gasteiger charge is -2.22. The lowest BCUT2D eigenvalue weighted by atomic mass is 10.1. The molecule has 1 atom stereocenters. The quantitative estimate of drug-likeness (QED) is 0.763. The van der Waals surface area contributed by atoms with E-state index in [1.807, 2.05) is 13.8 Å². The number of carboxylic acids is 1. The molecule has 23 heavy (non-hydrogen) atoms. The van der Waals surface area contributed by atoms with Gasteiger partial charge in [-0.25, -0.2) is 8.42 Å². The number of ether oxygens (including phenoxy) is 1. The highest BCUT2D eigenvalue weighted by molar-refractivity contribution is 7.89. The van der Waals surface area contributed by atoms with Crippen LogP contribution in [0.4, 0.5) is 0 Å². The minimum Gasteiger partial charge on any atom is -0.480 e. The lowest BCUT2D eigenvalue weighted by Crippen LogP contribution is -2.41. The van der Waals surface area contributed by atoms with Crippen LogP contribution < -0.4 is 4.72 Å². The second-order valence-corrected chi connectivity index (χ2v) is 7.86. The molecule has 0 bridgehead atoms. The van der Waals surface area contributed by atoms with Crippen molar-refractivity contribution in [3.05, 3.63) is 12.4 Å². The highest BCUT2D eigenvalue weighted by atomic mass is 32.2. The van der Waals surface area contributed by atoms with E-state index in [-0.39, 0.29) is 23.3 Å². The van der Waals surface area contributed by atoms with Crippen LogP contribution in [0, 0.1) is 5.92 Å². The fourth-order valence-electron chi connectivity index (χ4n) is 2.53. The summed E-state index contributed by atoms with van der Waals surface area (Å²) in [5.41, 5.74) is 0. The zero-order chi connectivity index (χ0) is 17.0. The van der Waals surface area contributed by atoms with Crippen LogP contribution in [-0.4, -0.2) is 48.5 Å². The molecule has 130 valence electrons. The molecule has 0 saturated carbocycles. The molecule has 2 N–H and O–H groups in total. The van der Waals surface area contributed by atoms with Crippen molar-refractivity contribution in [2.24, 2.45) is 5.92 Å². The van der Waals surface area contributed by atoms with Crippen molar-refractivity contribution in [2.75, 3.05) is 13.2 Å². The number of aromatic nitrogens is 2. The van der Waals surface area contributed by atoms with Gasteiger partial charge in [0.05, 0.1) is 12.2 Å². The Bertz CT molecular complexity index is 635. The largest absolute Gasteiger partial charge is 0.480 e. The van der Waals surface area contributed by atoms with Gasteiger partial charge in [0.15, 0.2) is 0 Å². The number of hydrogen-bond donors (Lipinski definition) is 2. The molecule has 0 amide bonds. The Balaban J connectivity index is 2.12. The van der Waals surface area contributed by atoms with E-state index in [0.29, 0.717) is 13.2 Å². The van der Waals surface area contributed by atoms with Crippen LogP contribution in [0.3, 0.4) is 0 Å². The molecule has 0 unspecified atom stereocenters. The summed E-state index contributed by atoms with van der Waals surface area (Å²) in [6, 6.07) is -1.04. The van der Waals surface area contributed by atoms with Crippen LogP contribution in [0.15, 0.2) is 17.3 Å². The summed E-state index contributed by atoms with van der Waals surface area (Å²) in [6.45, 7) is 4.93. The van der Waals surface area contributed by atoms with E-state index in [4.69, 9.17) is 4.74 Å². The number of nitrogens with zero attached hydrogens (tertiary/aromatic N) is 2. The van der Waals surface area contributed by atoms with Crippen molar-refractivity contribution < 1.29 is 23.1 Å². The summed E-state index contributed by atoms with van der Waals surface area (Å²) in [6.07, 6.45) is 4.49. The van der Waals surface area contributed by atoms with Crippen LogP contribution in [-0.2, 0) is 19.6 Å². The third kappa shape index (κ3) is 4.76. The Hall–Kier alpha value is -1.45. The fourth-order valence-corrected chi connectivity index (χ4v) is 3.68. The summed E-state index contributed by atoms with van der Waals surface area (Å²) in [4.78, 5) is 11.2. The van der Waals surface area contributed by atoms with Crippen molar-refractivity contribution in [3.8, 4) is 0 Å². The Morgan fingerprint density at radius 1 is 1.48 bits per heavy atom. The zero-order valence-electron chi connectivity index (χ0n) is 13.3. The molecular weight excluding hydrogens is 322 g/mol. The molecule has 9 heteroatoms. The number of hydrogen-bond acceptors (Lipinski definition) is 5. The molecule has 8 nitrogen and oxygen atoms in total. The minimum atomic E-state index is -3.91. The average Bonchev–Trinajstić information content (AvgIpc) is 2.97. The van der Waals surface area contributed by atoms with Crippen LogP contribution >= 0.6 is 0 Å². The molecule has 1 aliphatic rings. The van der Waals surface area contributed by atoms with Gasteiger partial charge in [0.1, 0.15) is 10.9 Å². The standard InChI is InChI=1S/C14H23N3O5S/c1-10(2)7-13(14(18)19)16-23(20,21)12-8-15-17(9-12)11-3-5-22-6-4-11/h8-11,13,16H,3-7H2,1-2H3,(H,18,19)/t13-/m0/s1. The maximum absolute atomic E-state index is 12.4. The molecule has 0 spiro atoms. The highest BCUT2D eigenvalue weighted by Gasteiger charge is 2.28. The molecular formula is C14H23N3O5S. The normalized spacial score (nSPS) is 18.2. The van der Waals surface area contributed by atoms with E-state index in [1.165, 1.54) is 12.4 Å². The summed E-state index contributed by atoms with van der Waals surface area (Å²) in [7, 11) is -3.91. The van der Waals surface area contributed by atoms with Gasteiger partial charge in [0, 0.05) is 19.4 Å². The van der Waals surface area contributed by atoms with E-state index >= 15 is 0 Å². The summed E-state index contributed by atoms with van der Waals surface area (Å²) >= 11 is 0.